The SMILES string of the molecule is COc1ccc(OCC(=O)N2CCC[C@@H]2c2nnc(C(=O)Nc3cccc(F)c3)s2)cc1. The van der Waals surface area contributed by atoms with Gasteiger partial charge >= 0.3 is 0 Å². The van der Waals surface area contributed by atoms with Crippen LogP contribution in [-0.2, 0) is 4.79 Å². The van der Waals surface area contributed by atoms with Gasteiger partial charge in [-0.2, -0.15) is 0 Å². The summed E-state index contributed by atoms with van der Waals surface area (Å²) in [5.74, 6) is 0.193. The van der Waals surface area contributed by atoms with Crippen LogP contribution in [0.25, 0.3) is 0 Å². The third kappa shape index (κ3) is 5.02. The molecule has 166 valence electrons. The van der Waals surface area contributed by atoms with Crippen LogP contribution >= 0.6 is 11.3 Å². The van der Waals surface area contributed by atoms with E-state index >= 15 is 0 Å². The molecule has 1 atom stereocenters. The van der Waals surface area contributed by atoms with Crippen molar-refractivity contribution in [2.75, 3.05) is 25.6 Å². The lowest BCUT2D eigenvalue weighted by Crippen LogP contribution is -2.34. The molecule has 4 rings (SSSR count). The van der Waals surface area contributed by atoms with Gasteiger partial charge in [0.25, 0.3) is 11.8 Å². The molecule has 2 aromatic carbocycles. The van der Waals surface area contributed by atoms with E-state index in [1.807, 2.05) is 0 Å². The fourth-order valence-electron chi connectivity index (χ4n) is 3.43. The fourth-order valence-corrected chi connectivity index (χ4v) is 4.32. The van der Waals surface area contributed by atoms with E-state index in [2.05, 4.69) is 15.5 Å². The highest BCUT2D eigenvalue weighted by Crippen LogP contribution is 2.34. The third-order valence-electron chi connectivity index (χ3n) is 5.00. The van der Waals surface area contributed by atoms with Crippen molar-refractivity contribution < 1.29 is 23.5 Å². The number of anilines is 1. The number of hydrogen-bond acceptors (Lipinski definition) is 7. The highest BCUT2D eigenvalue weighted by atomic mass is 32.1. The molecule has 0 aliphatic carbocycles. The van der Waals surface area contributed by atoms with Crippen molar-refractivity contribution in [1.29, 1.82) is 0 Å². The molecule has 8 nitrogen and oxygen atoms in total. The first-order chi connectivity index (χ1) is 15.5. The first-order valence-electron chi connectivity index (χ1n) is 10.00. The molecular formula is C22H21FN4O4S. The second-order valence-corrected chi connectivity index (χ2v) is 8.13. The molecule has 3 aromatic rings. The summed E-state index contributed by atoms with van der Waals surface area (Å²) in [6.45, 7) is 0.481. The Morgan fingerprint density at radius 2 is 1.97 bits per heavy atom. The van der Waals surface area contributed by atoms with Crippen molar-refractivity contribution in [3.63, 3.8) is 0 Å². The van der Waals surface area contributed by atoms with Gasteiger partial charge in [-0.25, -0.2) is 4.39 Å². The molecule has 32 heavy (non-hydrogen) atoms. The predicted molar refractivity (Wildman–Crippen MR) is 116 cm³/mol. The fraction of sp³-hybridized carbons (Fsp3) is 0.273. The molecule has 1 aliphatic heterocycles. The number of benzene rings is 2. The van der Waals surface area contributed by atoms with Crippen LogP contribution in [0.2, 0.25) is 0 Å². The first kappa shape index (κ1) is 21.7. The summed E-state index contributed by atoms with van der Waals surface area (Å²) in [4.78, 5) is 26.9. The molecule has 0 spiro atoms. The third-order valence-corrected chi connectivity index (χ3v) is 6.02. The topological polar surface area (TPSA) is 93.7 Å². The number of likely N-dealkylation sites (tertiary alicyclic amines) is 1. The second-order valence-electron chi connectivity index (χ2n) is 7.12. The number of carbonyl (C=O) groups excluding carboxylic acids is 2. The highest BCUT2D eigenvalue weighted by molar-refractivity contribution is 7.13. The zero-order chi connectivity index (χ0) is 22.5. The normalized spacial score (nSPS) is 15.4. The Bertz CT molecular complexity index is 1110. The molecule has 1 saturated heterocycles. The molecular weight excluding hydrogens is 435 g/mol. The molecule has 10 heteroatoms. The van der Waals surface area contributed by atoms with Gasteiger partial charge in [0.1, 0.15) is 22.3 Å². The van der Waals surface area contributed by atoms with Gasteiger partial charge in [0.15, 0.2) is 6.61 Å². The maximum absolute atomic E-state index is 13.3. The van der Waals surface area contributed by atoms with Gasteiger partial charge in [0, 0.05) is 12.2 Å². The van der Waals surface area contributed by atoms with Gasteiger partial charge < -0.3 is 19.7 Å². The standard InChI is InChI=1S/C22H21FN4O4S/c1-30-16-7-9-17(10-8-16)31-13-19(28)27-11-3-6-18(27)21-25-26-22(32-21)20(29)24-15-5-2-4-14(23)12-15/h2,4-5,7-10,12,18H,3,6,11,13H2,1H3,(H,24,29)/t18-/m1/s1. The van der Waals surface area contributed by atoms with Gasteiger partial charge in [0.05, 0.1) is 13.2 Å². The van der Waals surface area contributed by atoms with Gasteiger partial charge in [0.2, 0.25) is 5.01 Å². The Kier molecular flexibility index (Phi) is 6.60. The van der Waals surface area contributed by atoms with Crippen LogP contribution in [0.15, 0.2) is 48.5 Å². The van der Waals surface area contributed by atoms with E-state index in [0.717, 1.165) is 24.2 Å². The minimum absolute atomic E-state index is 0.103. The molecule has 0 unspecified atom stereocenters. The van der Waals surface area contributed by atoms with Crippen LogP contribution in [0, 0.1) is 5.82 Å². The van der Waals surface area contributed by atoms with Crippen molar-refractivity contribution in [2.24, 2.45) is 0 Å². The number of hydrogen-bond donors (Lipinski definition) is 1. The lowest BCUT2D eigenvalue weighted by Gasteiger charge is -2.22. The van der Waals surface area contributed by atoms with E-state index < -0.39 is 11.7 Å². The summed E-state index contributed by atoms with van der Waals surface area (Å²) in [6, 6.07) is 12.4. The lowest BCUT2D eigenvalue weighted by molar-refractivity contribution is -0.134. The lowest BCUT2D eigenvalue weighted by atomic mass is 10.2. The Labute approximate surface area is 188 Å². The average molecular weight is 456 g/mol. The summed E-state index contributed by atoms with van der Waals surface area (Å²) >= 11 is 1.12. The molecule has 0 saturated carbocycles. The zero-order valence-corrected chi connectivity index (χ0v) is 18.1. The van der Waals surface area contributed by atoms with Crippen LogP contribution in [0.3, 0.4) is 0 Å². The number of carbonyl (C=O) groups is 2. The second kappa shape index (κ2) is 9.73. The van der Waals surface area contributed by atoms with Gasteiger partial charge in [-0.15, -0.1) is 10.2 Å². The van der Waals surface area contributed by atoms with E-state index in [9.17, 15) is 14.0 Å². The van der Waals surface area contributed by atoms with Crippen molar-refractivity contribution in [2.45, 2.75) is 18.9 Å². The van der Waals surface area contributed by atoms with Crippen molar-refractivity contribution >= 4 is 28.8 Å². The number of nitrogens with zero attached hydrogens (tertiary/aromatic N) is 3. The Hall–Kier alpha value is -3.53. The maximum Gasteiger partial charge on any atom is 0.286 e. The highest BCUT2D eigenvalue weighted by Gasteiger charge is 2.33. The number of amides is 2. The van der Waals surface area contributed by atoms with E-state index in [0.29, 0.717) is 28.7 Å². The average Bonchev–Trinajstić information content (AvgIpc) is 3.47. The van der Waals surface area contributed by atoms with E-state index in [4.69, 9.17) is 9.47 Å². The van der Waals surface area contributed by atoms with E-state index in [1.54, 1.807) is 42.3 Å². The first-order valence-corrected chi connectivity index (χ1v) is 10.8. The summed E-state index contributed by atoms with van der Waals surface area (Å²) in [5.41, 5.74) is 0.333. The van der Waals surface area contributed by atoms with Crippen molar-refractivity contribution in [3.8, 4) is 11.5 Å². The van der Waals surface area contributed by atoms with Crippen LogP contribution in [0.1, 0.15) is 33.7 Å². The van der Waals surface area contributed by atoms with Gasteiger partial charge in [-0.3, -0.25) is 9.59 Å². The van der Waals surface area contributed by atoms with Crippen molar-refractivity contribution in [1.82, 2.24) is 15.1 Å². The van der Waals surface area contributed by atoms with Crippen LogP contribution in [0.5, 0.6) is 11.5 Å². The molecule has 2 amide bonds. The minimum Gasteiger partial charge on any atom is -0.497 e. The molecule has 1 fully saturated rings. The maximum atomic E-state index is 13.3. The Balaban J connectivity index is 1.38. The molecule has 0 radical (unpaired) electrons. The Morgan fingerprint density at radius 1 is 1.19 bits per heavy atom. The van der Waals surface area contributed by atoms with Gasteiger partial charge in [-0.1, -0.05) is 17.4 Å². The summed E-state index contributed by atoms with van der Waals surface area (Å²) in [7, 11) is 1.58. The van der Waals surface area contributed by atoms with Gasteiger partial charge in [-0.05, 0) is 55.3 Å². The zero-order valence-electron chi connectivity index (χ0n) is 17.3. The smallest absolute Gasteiger partial charge is 0.286 e. The summed E-state index contributed by atoms with van der Waals surface area (Å²) in [6.07, 6.45) is 1.55. The van der Waals surface area contributed by atoms with Crippen LogP contribution < -0.4 is 14.8 Å². The van der Waals surface area contributed by atoms with Crippen LogP contribution in [0.4, 0.5) is 10.1 Å². The van der Waals surface area contributed by atoms with Crippen LogP contribution in [-0.4, -0.2) is 47.2 Å². The van der Waals surface area contributed by atoms with Crippen molar-refractivity contribution in [3.05, 3.63) is 64.4 Å². The number of aromatic nitrogens is 2. The quantitative estimate of drug-likeness (QED) is 0.583. The molecule has 1 N–H and O–H groups in total. The number of methoxy groups -OCH3 is 1. The predicted octanol–water partition coefficient (Wildman–Crippen LogP) is 3.68. The number of nitrogens with one attached hydrogen (secondary N) is 1. The van der Waals surface area contributed by atoms with E-state index in [-0.39, 0.29) is 23.6 Å². The van der Waals surface area contributed by atoms with E-state index in [1.165, 1.54) is 18.2 Å². The largest absolute Gasteiger partial charge is 0.497 e. The molecule has 1 aromatic heterocycles. The monoisotopic (exact) mass is 456 g/mol. The Morgan fingerprint density at radius 3 is 2.72 bits per heavy atom. The summed E-state index contributed by atoms with van der Waals surface area (Å²) in [5, 5.41) is 11.4. The summed E-state index contributed by atoms with van der Waals surface area (Å²) < 4.78 is 24.0. The number of halogens is 1. The molecule has 0 bridgehead atoms. The number of ether oxygens (including phenoxy) is 2. The molecule has 1 aliphatic rings. The number of rotatable bonds is 7. The minimum atomic E-state index is -0.474. The molecule has 2 heterocycles.